The molecule has 1 aromatic rings. The number of hydrogen-bond donors (Lipinski definition) is 1. The minimum atomic E-state index is -4.78. The quantitative estimate of drug-likeness (QED) is 0.870. The van der Waals surface area contributed by atoms with Gasteiger partial charge in [0.1, 0.15) is 18.1 Å². The summed E-state index contributed by atoms with van der Waals surface area (Å²) in [5, 5.41) is 8.91. The summed E-state index contributed by atoms with van der Waals surface area (Å²) in [7, 11) is 0. The number of halogens is 4. The highest BCUT2D eigenvalue weighted by Crippen LogP contribution is 2.33. The third-order valence-electron chi connectivity index (χ3n) is 2.31. The van der Waals surface area contributed by atoms with Gasteiger partial charge in [-0.1, -0.05) is 0 Å². The second-order valence-corrected chi connectivity index (χ2v) is 5.47. The van der Waals surface area contributed by atoms with Gasteiger partial charge in [0, 0.05) is 0 Å². The molecule has 0 heterocycles. The van der Waals surface area contributed by atoms with E-state index < -0.39 is 23.5 Å². The average molecular weight is 357 g/mol. The lowest BCUT2D eigenvalue weighted by atomic mass is 9.95. The molecule has 0 unspecified atom stereocenters. The molecule has 112 valence electrons. The van der Waals surface area contributed by atoms with Gasteiger partial charge >= 0.3 is 12.3 Å². The largest absolute Gasteiger partial charge is 0.573 e. The van der Waals surface area contributed by atoms with Crippen molar-refractivity contribution in [3.63, 3.8) is 0 Å². The maximum Gasteiger partial charge on any atom is 0.573 e. The fourth-order valence-corrected chi connectivity index (χ4v) is 1.54. The summed E-state index contributed by atoms with van der Waals surface area (Å²) >= 11 is 2.93. The first-order chi connectivity index (χ1) is 9.01. The minimum Gasteiger partial charge on any atom is -0.492 e. The van der Waals surface area contributed by atoms with Crippen LogP contribution in [0.4, 0.5) is 13.2 Å². The number of aliphatic carboxylic acids is 1. The third-order valence-corrected chi connectivity index (χ3v) is 2.93. The van der Waals surface area contributed by atoms with E-state index in [-0.39, 0.29) is 16.8 Å². The molecule has 20 heavy (non-hydrogen) atoms. The summed E-state index contributed by atoms with van der Waals surface area (Å²) in [6.07, 6.45) is -4.78. The van der Waals surface area contributed by atoms with Gasteiger partial charge in [-0.2, -0.15) is 0 Å². The highest BCUT2D eigenvalue weighted by atomic mass is 79.9. The number of benzene rings is 1. The van der Waals surface area contributed by atoms with Gasteiger partial charge in [0.2, 0.25) is 0 Å². The normalized spacial score (nSPS) is 12.1. The Bertz CT molecular complexity index is 500. The predicted octanol–water partition coefficient (Wildman–Crippen LogP) is 3.84. The molecule has 0 bridgehead atoms. The summed E-state index contributed by atoms with van der Waals surface area (Å²) < 4.78 is 45.3. The first kappa shape index (κ1) is 16.6. The lowest BCUT2D eigenvalue weighted by Gasteiger charge is -2.20. The van der Waals surface area contributed by atoms with Crippen LogP contribution in [0.25, 0.3) is 0 Å². The molecule has 0 saturated carbocycles. The van der Waals surface area contributed by atoms with E-state index in [1.54, 1.807) is 0 Å². The number of carbonyl (C=O) groups is 1. The topological polar surface area (TPSA) is 55.8 Å². The zero-order valence-corrected chi connectivity index (χ0v) is 12.2. The van der Waals surface area contributed by atoms with Gasteiger partial charge in [0.05, 0.1) is 9.89 Å². The van der Waals surface area contributed by atoms with Gasteiger partial charge in [-0.15, -0.1) is 13.2 Å². The second kappa shape index (κ2) is 5.90. The van der Waals surface area contributed by atoms with Gasteiger partial charge in [0.15, 0.2) is 0 Å². The molecule has 0 aliphatic rings. The Hall–Kier alpha value is -1.44. The van der Waals surface area contributed by atoms with Crippen molar-refractivity contribution < 1.29 is 32.5 Å². The maximum absolute atomic E-state index is 12.1. The molecule has 0 amide bonds. The Labute approximate surface area is 121 Å². The first-order valence-corrected chi connectivity index (χ1v) is 6.22. The van der Waals surface area contributed by atoms with Crippen molar-refractivity contribution >= 4 is 21.9 Å². The lowest BCUT2D eigenvalue weighted by molar-refractivity contribution is -0.274. The van der Waals surface area contributed by atoms with Crippen LogP contribution in [0, 0.1) is 5.41 Å². The Balaban J connectivity index is 2.76. The molecule has 0 aliphatic carbocycles. The molecule has 0 radical (unpaired) electrons. The predicted molar refractivity (Wildman–Crippen MR) is 67.7 cm³/mol. The molecule has 1 rings (SSSR count). The van der Waals surface area contributed by atoms with Crippen LogP contribution in [0.15, 0.2) is 22.7 Å². The zero-order valence-electron chi connectivity index (χ0n) is 10.6. The third kappa shape index (κ3) is 4.92. The number of alkyl halides is 3. The summed E-state index contributed by atoms with van der Waals surface area (Å²) in [5.41, 5.74) is -1.10. The van der Waals surface area contributed by atoms with Crippen LogP contribution >= 0.6 is 15.9 Å². The van der Waals surface area contributed by atoms with Gasteiger partial charge in [0.25, 0.3) is 0 Å². The Morgan fingerprint density at radius 3 is 2.40 bits per heavy atom. The molecule has 8 heteroatoms. The van der Waals surface area contributed by atoms with Crippen molar-refractivity contribution in [2.24, 2.45) is 5.41 Å². The molecule has 0 fully saturated rings. The summed E-state index contributed by atoms with van der Waals surface area (Å²) in [6.45, 7) is 2.84. The van der Waals surface area contributed by atoms with Crippen LogP contribution in [0.5, 0.6) is 11.5 Å². The molecule has 0 saturated heterocycles. The zero-order chi connectivity index (χ0) is 15.6. The van der Waals surface area contributed by atoms with E-state index in [1.165, 1.54) is 26.0 Å². The molecule has 0 spiro atoms. The van der Waals surface area contributed by atoms with Gasteiger partial charge < -0.3 is 14.6 Å². The summed E-state index contributed by atoms with van der Waals surface area (Å²) in [5.74, 6) is -1.20. The van der Waals surface area contributed by atoms with Crippen LogP contribution in [0.2, 0.25) is 0 Å². The van der Waals surface area contributed by atoms with Crippen LogP contribution in [0.1, 0.15) is 13.8 Å². The van der Waals surface area contributed by atoms with Crippen LogP contribution in [-0.4, -0.2) is 24.0 Å². The molecule has 0 atom stereocenters. The fourth-order valence-electron chi connectivity index (χ4n) is 1.10. The van der Waals surface area contributed by atoms with Crippen molar-refractivity contribution in [1.29, 1.82) is 0 Å². The maximum atomic E-state index is 12.1. The van der Waals surface area contributed by atoms with Crippen molar-refractivity contribution in [2.75, 3.05) is 6.61 Å². The van der Waals surface area contributed by atoms with Crippen molar-refractivity contribution in [1.82, 2.24) is 0 Å². The van der Waals surface area contributed by atoms with Crippen molar-refractivity contribution in [3.8, 4) is 11.5 Å². The number of carboxylic acids is 1. The average Bonchev–Trinajstić information content (AvgIpc) is 2.28. The van der Waals surface area contributed by atoms with Crippen LogP contribution in [-0.2, 0) is 4.79 Å². The van der Waals surface area contributed by atoms with Crippen LogP contribution in [0.3, 0.4) is 0 Å². The van der Waals surface area contributed by atoms with E-state index in [1.807, 2.05) is 0 Å². The van der Waals surface area contributed by atoms with E-state index >= 15 is 0 Å². The molecule has 4 nitrogen and oxygen atoms in total. The molecular formula is C12H12BrF3O4. The number of hydrogen-bond acceptors (Lipinski definition) is 3. The SMILES string of the molecule is CC(C)(COc1ccc(OC(F)(F)F)c(Br)c1)C(=O)O. The van der Waals surface area contributed by atoms with Gasteiger partial charge in [-0.05, 0) is 48.0 Å². The van der Waals surface area contributed by atoms with E-state index in [9.17, 15) is 18.0 Å². The number of ether oxygens (including phenoxy) is 2. The van der Waals surface area contributed by atoms with Gasteiger partial charge in [-0.25, -0.2) is 0 Å². The smallest absolute Gasteiger partial charge is 0.492 e. The van der Waals surface area contributed by atoms with E-state index in [4.69, 9.17) is 9.84 Å². The Morgan fingerprint density at radius 1 is 1.35 bits per heavy atom. The molecular weight excluding hydrogens is 345 g/mol. The second-order valence-electron chi connectivity index (χ2n) is 4.62. The highest BCUT2D eigenvalue weighted by Gasteiger charge is 2.32. The Morgan fingerprint density at radius 2 is 1.95 bits per heavy atom. The van der Waals surface area contributed by atoms with E-state index in [2.05, 4.69) is 20.7 Å². The highest BCUT2D eigenvalue weighted by molar-refractivity contribution is 9.10. The number of rotatable bonds is 5. The fraction of sp³-hybridized carbons (Fsp3) is 0.417. The first-order valence-electron chi connectivity index (χ1n) is 5.43. The van der Waals surface area contributed by atoms with Crippen molar-refractivity contribution in [3.05, 3.63) is 22.7 Å². The van der Waals surface area contributed by atoms with E-state index in [0.29, 0.717) is 0 Å². The van der Waals surface area contributed by atoms with E-state index in [0.717, 1.165) is 6.07 Å². The monoisotopic (exact) mass is 356 g/mol. The van der Waals surface area contributed by atoms with Crippen molar-refractivity contribution in [2.45, 2.75) is 20.2 Å². The molecule has 1 N–H and O–H groups in total. The molecule has 0 aromatic heterocycles. The lowest BCUT2D eigenvalue weighted by Crippen LogP contribution is -2.30. The number of carboxylic acid groups (broad SMARTS) is 1. The van der Waals surface area contributed by atoms with Crippen LogP contribution < -0.4 is 9.47 Å². The minimum absolute atomic E-state index is 0.0560. The summed E-state index contributed by atoms with van der Waals surface area (Å²) in [6, 6.07) is 3.63. The van der Waals surface area contributed by atoms with Gasteiger partial charge in [-0.3, -0.25) is 4.79 Å². The standard InChI is InChI=1S/C12H12BrF3O4/c1-11(2,10(17)18)6-19-7-3-4-9(8(13)5-7)20-12(14,15)16/h3-5H,6H2,1-2H3,(H,17,18). The Kier molecular flexibility index (Phi) is 4.90. The molecule has 0 aliphatic heterocycles. The molecule has 1 aromatic carbocycles. The summed E-state index contributed by atoms with van der Waals surface area (Å²) in [4.78, 5) is 10.9.